The number of esters is 1. The molecule has 1 aromatic heterocycles. The summed E-state index contributed by atoms with van der Waals surface area (Å²) in [6.45, 7) is 0. The minimum Gasteiger partial charge on any atom is -0.467 e. The first-order chi connectivity index (χ1) is 7.63. The number of methoxy groups -OCH3 is 1. The maximum atomic E-state index is 12.1. The van der Waals surface area contributed by atoms with Crippen molar-refractivity contribution in [1.29, 1.82) is 0 Å². The second-order valence-electron chi connectivity index (χ2n) is 4.36. The number of rotatable bonds is 2. The first kappa shape index (κ1) is 11.6. The SMILES string of the molecule is COC(=O)C1(N(C)C)CCCc2sccc21. The second-order valence-corrected chi connectivity index (χ2v) is 5.36. The fourth-order valence-corrected chi connectivity index (χ4v) is 3.56. The number of aryl methyl sites for hydroxylation is 1. The summed E-state index contributed by atoms with van der Waals surface area (Å²) in [5.41, 5.74) is 0.572. The number of carbonyl (C=O) groups is 1. The zero-order valence-corrected chi connectivity index (χ0v) is 10.8. The summed E-state index contributed by atoms with van der Waals surface area (Å²) in [7, 11) is 5.36. The molecule has 0 bridgehead atoms. The summed E-state index contributed by atoms with van der Waals surface area (Å²) in [4.78, 5) is 15.4. The average molecular weight is 239 g/mol. The molecule has 0 saturated carbocycles. The van der Waals surface area contributed by atoms with Gasteiger partial charge in [-0.3, -0.25) is 4.90 Å². The predicted octanol–water partition coefficient (Wildman–Crippen LogP) is 2.01. The Hall–Kier alpha value is -0.870. The second kappa shape index (κ2) is 4.18. The number of fused-ring (bicyclic) bond motifs is 1. The van der Waals surface area contributed by atoms with E-state index >= 15 is 0 Å². The first-order valence-corrected chi connectivity index (χ1v) is 6.33. The Morgan fingerprint density at radius 1 is 1.56 bits per heavy atom. The maximum Gasteiger partial charge on any atom is 0.330 e. The minimum atomic E-state index is -0.567. The van der Waals surface area contributed by atoms with Gasteiger partial charge in [-0.05, 0) is 50.4 Å². The summed E-state index contributed by atoms with van der Waals surface area (Å²) in [5, 5.41) is 2.07. The van der Waals surface area contributed by atoms with E-state index in [1.165, 1.54) is 12.0 Å². The number of nitrogens with zero attached hydrogens (tertiary/aromatic N) is 1. The maximum absolute atomic E-state index is 12.1. The van der Waals surface area contributed by atoms with E-state index in [4.69, 9.17) is 4.74 Å². The lowest BCUT2D eigenvalue weighted by Crippen LogP contribution is -2.50. The topological polar surface area (TPSA) is 29.5 Å². The molecular formula is C12H17NO2S. The largest absolute Gasteiger partial charge is 0.467 e. The summed E-state index contributed by atoms with van der Waals surface area (Å²) < 4.78 is 5.00. The monoisotopic (exact) mass is 239 g/mol. The van der Waals surface area contributed by atoms with Crippen LogP contribution in [0.4, 0.5) is 0 Å². The van der Waals surface area contributed by atoms with Crippen molar-refractivity contribution < 1.29 is 9.53 Å². The molecule has 0 amide bonds. The number of hydrogen-bond acceptors (Lipinski definition) is 4. The van der Waals surface area contributed by atoms with Gasteiger partial charge in [0.2, 0.25) is 0 Å². The van der Waals surface area contributed by atoms with Crippen LogP contribution in [0.3, 0.4) is 0 Å². The van der Waals surface area contributed by atoms with Crippen molar-refractivity contribution in [2.75, 3.05) is 21.2 Å². The Morgan fingerprint density at radius 2 is 2.31 bits per heavy atom. The van der Waals surface area contributed by atoms with Crippen LogP contribution in [-0.2, 0) is 21.5 Å². The molecule has 3 nitrogen and oxygen atoms in total. The van der Waals surface area contributed by atoms with E-state index in [0.717, 1.165) is 24.8 Å². The molecule has 1 unspecified atom stereocenters. The highest BCUT2D eigenvalue weighted by Gasteiger charge is 2.46. The van der Waals surface area contributed by atoms with Crippen LogP contribution in [0, 0.1) is 0 Å². The highest BCUT2D eigenvalue weighted by molar-refractivity contribution is 7.10. The highest BCUT2D eigenvalue weighted by atomic mass is 32.1. The zero-order valence-electron chi connectivity index (χ0n) is 9.95. The van der Waals surface area contributed by atoms with E-state index in [1.54, 1.807) is 11.3 Å². The predicted molar refractivity (Wildman–Crippen MR) is 64.6 cm³/mol. The van der Waals surface area contributed by atoms with Crippen LogP contribution in [0.2, 0.25) is 0 Å². The van der Waals surface area contributed by atoms with E-state index in [0.29, 0.717) is 0 Å². The first-order valence-electron chi connectivity index (χ1n) is 5.45. The molecule has 0 N–H and O–H groups in total. The molecule has 2 rings (SSSR count). The van der Waals surface area contributed by atoms with Crippen molar-refractivity contribution in [3.05, 3.63) is 21.9 Å². The van der Waals surface area contributed by atoms with Gasteiger partial charge in [-0.15, -0.1) is 11.3 Å². The molecule has 1 aromatic rings. The average Bonchev–Trinajstić information content (AvgIpc) is 2.75. The highest BCUT2D eigenvalue weighted by Crippen LogP contribution is 2.42. The lowest BCUT2D eigenvalue weighted by molar-refractivity contribution is -0.155. The van der Waals surface area contributed by atoms with Crippen molar-refractivity contribution in [1.82, 2.24) is 4.90 Å². The molecule has 4 heteroatoms. The van der Waals surface area contributed by atoms with E-state index in [1.807, 2.05) is 19.0 Å². The number of ether oxygens (including phenoxy) is 1. The van der Waals surface area contributed by atoms with Gasteiger partial charge in [0, 0.05) is 4.88 Å². The summed E-state index contributed by atoms with van der Waals surface area (Å²) >= 11 is 1.74. The summed E-state index contributed by atoms with van der Waals surface area (Å²) in [6.07, 6.45) is 2.97. The Balaban J connectivity index is 2.54. The minimum absolute atomic E-state index is 0.142. The lowest BCUT2D eigenvalue weighted by atomic mass is 9.79. The van der Waals surface area contributed by atoms with Crippen LogP contribution in [0.15, 0.2) is 11.4 Å². The third kappa shape index (κ3) is 1.48. The Bertz CT molecular complexity index is 399. The molecule has 88 valence electrons. The van der Waals surface area contributed by atoms with Crippen LogP contribution >= 0.6 is 11.3 Å². The third-order valence-electron chi connectivity index (χ3n) is 3.42. The molecule has 0 spiro atoms. The summed E-state index contributed by atoms with van der Waals surface area (Å²) in [6, 6.07) is 2.07. The normalized spacial score (nSPS) is 24.2. The molecule has 1 heterocycles. The molecular weight excluding hydrogens is 222 g/mol. The van der Waals surface area contributed by atoms with Crippen LogP contribution in [0.25, 0.3) is 0 Å². The van der Waals surface area contributed by atoms with Crippen LogP contribution in [0.1, 0.15) is 23.3 Å². The van der Waals surface area contributed by atoms with Gasteiger partial charge < -0.3 is 4.74 Å². The lowest BCUT2D eigenvalue weighted by Gasteiger charge is -2.40. The number of hydrogen-bond donors (Lipinski definition) is 0. The quantitative estimate of drug-likeness (QED) is 0.739. The van der Waals surface area contributed by atoms with E-state index < -0.39 is 5.54 Å². The van der Waals surface area contributed by atoms with E-state index in [9.17, 15) is 4.79 Å². The van der Waals surface area contributed by atoms with Gasteiger partial charge in [-0.25, -0.2) is 4.79 Å². The molecule has 1 aliphatic carbocycles. The smallest absolute Gasteiger partial charge is 0.330 e. The number of thiophene rings is 1. The van der Waals surface area contributed by atoms with Gasteiger partial charge in [-0.1, -0.05) is 0 Å². The van der Waals surface area contributed by atoms with Crippen LogP contribution in [0.5, 0.6) is 0 Å². The Labute approximate surface area is 100 Å². The molecule has 0 radical (unpaired) electrons. The molecule has 0 aliphatic heterocycles. The molecule has 16 heavy (non-hydrogen) atoms. The van der Waals surface area contributed by atoms with Gasteiger partial charge in [0.15, 0.2) is 0 Å². The van der Waals surface area contributed by atoms with Crippen molar-refractivity contribution in [3.63, 3.8) is 0 Å². The number of likely N-dealkylation sites (N-methyl/N-ethyl adjacent to an activating group) is 1. The van der Waals surface area contributed by atoms with Gasteiger partial charge in [-0.2, -0.15) is 0 Å². The van der Waals surface area contributed by atoms with Crippen molar-refractivity contribution in [3.8, 4) is 0 Å². The Kier molecular flexibility index (Phi) is 3.04. The molecule has 0 saturated heterocycles. The van der Waals surface area contributed by atoms with E-state index in [-0.39, 0.29) is 5.97 Å². The molecule has 0 fully saturated rings. The van der Waals surface area contributed by atoms with E-state index in [2.05, 4.69) is 11.4 Å². The van der Waals surface area contributed by atoms with Crippen molar-refractivity contribution in [2.24, 2.45) is 0 Å². The zero-order chi connectivity index (χ0) is 11.8. The number of carbonyl (C=O) groups excluding carboxylic acids is 1. The fourth-order valence-electron chi connectivity index (χ4n) is 2.57. The van der Waals surface area contributed by atoms with Gasteiger partial charge in [0.05, 0.1) is 7.11 Å². The molecule has 1 atom stereocenters. The van der Waals surface area contributed by atoms with Crippen molar-refractivity contribution in [2.45, 2.75) is 24.8 Å². The van der Waals surface area contributed by atoms with Gasteiger partial charge in [0.25, 0.3) is 0 Å². The molecule has 0 aromatic carbocycles. The summed E-state index contributed by atoms with van der Waals surface area (Å²) in [5.74, 6) is -0.142. The van der Waals surface area contributed by atoms with Gasteiger partial charge in [0.1, 0.15) is 5.54 Å². The molecule has 1 aliphatic rings. The van der Waals surface area contributed by atoms with Gasteiger partial charge >= 0.3 is 5.97 Å². The van der Waals surface area contributed by atoms with Crippen LogP contribution < -0.4 is 0 Å². The standard InChI is InChI=1S/C12H17NO2S/c1-13(2)12(11(14)15-3)7-4-5-10-9(12)6-8-16-10/h6,8H,4-5,7H2,1-3H3. The third-order valence-corrected chi connectivity index (χ3v) is 4.40. The van der Waals surface area contributed by atoms with Crippen molar-refractivity contribution >= 4 is 17.3 Å². The van der Waals surface area contributed by atoms with Crippen LogP contribution in [-0.4, -0.2) is 32.1 Å². The Morgan fingerprint density at radius 3 is 2.94 bits per heavy atom. The fraction of sp³-hybridized carbons (Fsp3) is 0.583.